The summed E-state index contributed by atoms with van der Waals surface area (Å²) in [5, 5.41) is 19.0. The Hall–Kier alpha value is -1.48. The molecule has 22 heavy (non-hydrogen) atoms. The van der Waals surface area contributed by atoms with Crippen LogP contribution in [0, 0.1) is 23.1 Å². The zero-order valence-electron chi connectivity index (χ0n) is 12.5. The maximum atomic E-state index is 14.1. The molecule has 5 heteroatoms. The number of ether oxygens (including phenoxy) is 1. The third-order valence-corrected chi connectivity index (χ3v) is 4.83. The molecule has 3 rings (SSSR count). The minimum absolute atomic E-state index is 0.109. The van der Waals surface area contributed by atoms with E-state index in [2.05, 4.69) is 4.90 Å². The lowest BCUT2D eigenvalue weighted by atomic mass is 9.89. The molecule has 0 unspecified atom stereocenters. The molecule has 0 amide bonds. The number of benzene rings is 1. The number of hydrogen-bond donors (Lipinski definition) is 1. The first kappa shape index (κ1) is 15.4. The van der Waals surface area contributed by atoms with Crippen LogP contribution in [0.3, 0.4) is 0 Å². The van der Waals surface area contributed by atoms with Gasteiger partial charge in [-0.25, -0.2) is 4.39 Å². The molecule has 0 radical (unpaired) electrons. The van der Waals surface area contributed by atoms with E-state index in [-0.39, 0.29) is 23.9 Å². The SMILES string of the molecule is N#Cc1ccc(CN2CCC[C@@H]2[C@@H]2COCC[C@@H]2O)c(F)c1. The van der Waals surface area contributed by atoms with Crippen LogP contribution >= 0.6 is 0 Å². The summed E-state index contributed by atoms with van der Waals surface area (Å²) in [6.45, 7) is 2.63. The monoisotopic (exact) mass is 304 g/mol. The second-order valence-electron chi connectivity index (χ2n) is 6.19. The summed E-state index contributed by atoms with van der Waals surface area (Å²) in [6, 6.07) is 6.83. The fourth-order valence-electron chi connectivity index (χ4n) is 3.61. The van der Waals surface area contributed by atoms with Crippen LogP contribution in [-0.2, 0) is 11.3 Å². The lowest BCUT2D eigenvalue weighted by Crippen LogP contribution is -2.45. The number of rotatable bonds is 3. The molecule has 118 valence electrons. The Morgan fingerprint density at radius 3 is 3.00 bits per heavy atom. The number of nitriles is 1. The Kier molecular flexibility index (Phi) is 4.72. The lowest BCUT2D eigenvalue weighted by molar-refractivity contribution is -0.0636. The van der Waals surface area contributed by atoms with Gasteiger partial charge in [0.15, 0.2) is 0 Å². The van der Waals surface area contributed by atoms with Crippen molar-refractivity contribution in [3.05, 3.63) is 35.1 Å². The molecule has 0 bridgehead atoms. The van der Waals surface area contributed by atoms with E-state index >= 15 is 0 Å². The first-order valence-corrected chi connectivity index (χ1v) is 7.87. The second kappa shape index (κ2) is 6.74. The molecule has 0 aromatic heterocycles. The predicted molar refractivity (Wildman–Crippen MR) is 79.5 cm³/mol. The van der Waals surface area contributed by atoms with Gasteiger partial charge in [0.05, 0.1) is 24.3 Å². The summed E-state index contributed by atoms with van der Waals surface area (Å²) in [5.74, 6) is -0.220. The van der Waals surface area contributed by atoms with Gasteiger partial charge in [-0.3, -0.25) is 4.90 Å². The quantitative estimate of drug-likeness (QED) is 0.928. The molecule has 0 saturated carbocycles. The van der Waals surface area contributed by atoms with Crippen molar-refractivity contribution in [2.24, 2.45) is 5.92 Å². The van der Waals surface area contributed by atoms with Gasteiger partial charge in [-0.15, -0.1) is 0 Å². The fraction of sp³-hybridized carbons (Fsp3) is 0.588. The zero-order valence-corrected chi connectivity index (χ0v) is 12.5. The van der Waals surface area contributed by atoms with Gasteiger partial charge in [-0.2, -0.15) is 5.26 Å². The van der Waals surface area contributed by atoms with Crippen LogP contribution in [-0.4, -0.2) is 41.9 Å². The van der Waals surface area contributed by atoms with E-state index in [1.807, 2.05) is 6.07 Å². The number of aliphatic hydroxyl groups is 1. The molecule has 0 spiro atoms. The highest BCUT2D eigenvalue weighted by Gasteiger charge is 2.37. The molecule has 2 fully saturated rings. The number of likely N-dealkylation sites (tertiary alicyclic amines) is 1. The highest BCUT2D eigenvalue weighted by molar-refractivity contribution is 5.32. The largest absolute Gasteiger partial charge is 0.393 e. The molecule has 1 aromatic rings. The van der Waals surface area contributed by atoms with E-state index in [4.69, 9.17) is 10.00 Å². The Bertz CT molecular complexity index is 572. The number of aliphatic hydroxyl groups excluding tert-OH is 1. The fourth-order valence-corrected chi connectivity index (χ4v) is 3.61. The van der Waals surface area contributed by atoms with E-state index in [9.17, 15) is 9.50 Å². The molecule has 2 aliphatic heterocycles. The first-order chi connectivity index (χ1) is 10.7. The average Bonchev–Trinajstić information content (AvgIpc) is 2.98. The van der Waals surface area contributed by atoms with Crippen molar-refractivity contribution >= 4 is 0 Å². The summed E-state index contributed by atoms with van der Waals surface area (Å²) in [4.78, 5) is 2.24. The van der Waals surface area contributed by atoms with E-state index in [1.165, 1.54) is 6.07 Å². The van der Waals surface area contributed by atoms with Gasteiger partial charge in [0.1, 0.15) is 5.82 Å². The van der Waals surface area contributed by atoms with Gasteiger partial charge in [0, 0.05) is 30.7 Å². The van der Waals surface area contributed by atoms with Crippen molar-refractivity contribution < 1.29 is 14.2 Å². The summed E-state index contributed by atoms with van der Waals surface area (Å²) < 4.78 is 19.6. The molecule has 3 atom stereocenters. The van der Waals surface area contributed by atoms with Crippen molar-refractivity contribution in [2.45, 2.75) is 38.0 Å². The number of nitrogens with zero attached hydrogens (tertiary/aromatic N) is 2. The normalized spacial score (nSPS) is 29.4. The van der Waals surface area contributed by atoms with E-state index in [1.54, 1.807) is 12.1 Å². The third kappa shape index (κ3) is 3.14. The first-order valence-electron chi connectivity index (χ1n) is 7.87. The van der Waals surface area contributed by atoms with Crippen molar-refractivity contribution in [1.82, 2.24) is 4.90 Å². The summed E-state index contributed by atoms with van der Waals surface area (Å²) in [7, 11) is 0. The smallest absolute Gasteiger partial charge is 0.129 e. The van der Waals surface area contributed by atoms with Crippen LogP contribution < -0.4 is 0 Å². The van der Waals surface area contributed by atoms with Gasteiger partial charge in [-0.05, 0) is 37.9 Å². The second-order valence-corrected chi connectivity index (χ2v) is 6.19. The Balaban J connectivity index is 1.72. The maximum absolute atomic E-state index is 14.1. The highest BCUT2D eigenvalue weighted by atomic mass is 19.1. The van der Waals surface area contributed by atoms with Gasteiger partial charge in [0.2, 0.25) is 0 Å². The molecule has 0 aliphatic carbocycles. The Morgan fingerprint density at radius 2 is 2.27 bits per heavy atom. The Morgan fingerprint density at radius 1 is 1.41 bits per heavy atom. The van der Waals surface area contributed by atoms with E-state index in [0.717, 1.165) is 19.4 Å². The summed E-state index contributed by atoms with van der Waals surface area (Å²) >= 11 is 0. The molecular weight excluding hydrogens is 283 g/mol. The number of halogens is 1. The van der Waals surface area contributed by atoms with Crippen LogP contribution in [0.15, 0.2) is 18.2 Å². The van der Waals surface area contributed by atoms with Crippen LogP contribution in [0.1, 0.15) is 30.4 Å². The van der Waals surface area contributed by atoms with Crippen LogP contribution in [0.2, 0.25) is 0 Å². The van der Waals surface area contributed by atoms with Crippen LogP contribution in [0.4, 0.5) is 4.39 Å². The highest BCUT2D eigenvalue weighted by Crippen LogP contribution is 2.31. The van der Waals surface area contributed by atoms with E-state index in [0.29, 0.717) is 37.3 Å². The molecule has 1 N–H and O–H groups in total. The topological polar surface area (TPSA) is 56.5 Å². The van der Waals surface area contributed by atoms with Gasteiger partial charge >= 0.3 is 0 Å². The molecular formula is C17H21FN2O2. The van der Waals surface area contributed by atoms with Gasteiger partial charge in [-0.1, -0.05) is 6.07 Å². The molecule has 2 heterocycles. The van der Waals surface area contributed by atoms with Crippen molar-refractivity contribution in [3.8, 4) is 6.07 Å². The summed E-state index contributed by atoms with van der Waals surface area (Å²) in [6.07, 6.45) is 2.43. The predicted octanol–water partition coefficient (Wildman–Crippen LogP) is 2.06. The Labute approximate surface area is 130 Å². The van der Waals surface area contributed by atoms with Gasteiger partial charge < -0.3 is 9.84 Å². The third-order valence-electron chi connectivity index (χ3n) is 4.83. The van der Waals surface area contributed by atoms with Crippen molar-refractivity contribution in [1.29, 1.82) is 5.26 Å². The maximum Gasteiger partial charge on any atom is 0.129 e. The lowest BCUT2D eigenvalue weighted by Gasteiger charge is -2.37. The zero-order chi connectivity index (χ0) is 15.5. The molecule has 2 saturated heterocycles. The molecule has 4 nitrogen and oxygen atoms in total. The standard InChI is InChI=1S/C17H21FN2O2/c18-15-8-12(9-19)3-4-13(15)10-20-6-1-2-16(20)14-11-22-7-5-17(14)21/h3-4,8,14,16-17,21H,1-2,5-7,10-11H2/t14-,16+,17-/m0/s1. The van der Waals surface area contributed by atoms with Crippen LogP contribution in [0.25, 0.3) is 0 Å². The number of hydrogen-bond acceptors (Lipinski definition) is 4. The average molecular weight is 304 g/mol. The minimum atomic E-state index is -0.329. The van der Waals surface area contributed by atoms with Gasteiger partial charge in [0.25, 0.3) is 0 Å². The van der Waals surface area contributed by atoms with Crippen molar-refractivity contribution in [2.75, 3.05) is 19.8 Å². The minimum Gasteiger partial charge on any atom is -0.393 e. The van der Waals surface area contributed by atoms with E-state index < -0.39 is 0 Å². The van der Waals surface area contributed by atoms with Crippen molar-refractivity contribution in [3.63, 3.8) is 0 Å². The molecule has 2 aliphatic rings. The van der Waals surface area contributed by atoms with Crippen LogP contribution in [0.5, 0.6) is 0 Å². The summed E-state index contributed by atoms with van der Waals surface area (Å²) in [5.41, 5.74) is 0.951. The molecule has 1 aromatic carbocycles.